The van der Waals surface area contributed by atoms with Crippen LogP contribution in [0.25, 0.3) is 11.0 Å². The fourth-order valence-electron chi connectivity index (χ4n) is 2.37. The van der Waals surface area contributed by atoms with Gasteiger partial charge in [-0.05, 0) is 44.2 Å². The van der Waals surface area contributed by atoms with Gasteiger partial charge < -0.3 is 4.42 Å². The lowest BCUT2D eigenvalue weighted by atomic mass is 10.2. The van der Waals surface area contributed by atoms with Gasteiger partial charge in [-0.3, -0.25) is 4.18 Å². The Hall–Kier alpha value is -2.11. The molecule has 0 unspecified atom stereocenters. The van der Waals surface area contributed by atoms with Gasteiger partial charge in [-0.1, -0.05) is 29.3 Å². The average Bonchev–Trinajstić information content (AvgIpc) is 2.89. The highest BCUT2D eigenvalue weighted by Gasteiger charge is 2.15. The first kappa shape index (κ1) is 15.8. The van der Waals surface area contributed by atoms with E-state index in [1.165, 1.54) is 0 Å². The Morgan fingerprint density at radius 3 is 2.39 bits per heavy atom. The molecule has 0 saturated heterocycles. The van der Waals surface area contributed by atoms with Gasteiger partial charge in [0.25, 0.3) is 10.1 Å². The predicted molar refractivity (Wildman–Crippen MR) is 89.0 cm³/mol. The zero-order chi connectivity index (χ0) is 16.4. The fourth-order valence-corrected chi connectivity index (χ4v) is 3.27. The van der Waals surface area contributed by atoms with Crippen LogP contribution < -0.4 is 0 Å². The molecular weight excluding hydrogens is 312 g/mol. The van der Waals surface area contributed by atoms with Crippen molar-refractivity contribution in [3.63, 3.8) is 0 Å². The van der Waals surface area contributed by atoms with Crippen LogP contribution in [-0.4, -0.2) is 15.0 Å². The summed E-state index contributed by atoms with van der Waals surface area (Å²) in [5.74, 6) is 0.713. The van der Waals surface area contributed by atoms with E-state index in [0.29, 0.717) is 12.2 Å². The molecule has 120 valence electrons. The maximum atomic E-state index is 12.1. The summed E-state index contributed by atoms with van der Waals surface area (Å²) in [5.41, 5.74) is 2.96. The van der Waals surface area contributed by atoms with Crippen molar-refractivity contribution in [3.05, 3.63) is 65.4 Å². The smallest absolute Gasteiger partial charge is 0.296 e. The van der Waals surface area contributed by atoms with Crippen molar-refractivity contribution in [3.8, 4) is 0 Å². The molecule has 0 aliphatic heterocycles. The molecule has 0 amide bonds. The second-order valence-corrected chi connectivity index (χ2v) is 7.21. The third kappa shape index (κ3) is 3.63. The first-order valence-corrected chi connectivity index (χ1v) is 8.80. The van der Waals surface area contributed by atoms with Crippen molar-refractivity contribution in [1.82, 2.24) is 0 Å². The summed E-state index contributed by atoms with van der Waals surface area (Å²) in [5, 5.41) is 1.02. The summed E-state index contributed by atoms with van der Waals surface area (Å²) >= 11 is 0. The third-order valence-corrected chi connectivity index (χ3v) is 4.95. The van der Waals surface area contributed by atoms with Crippen molar-refractivity contribution in [1.29, 1.82) is 0 Å². The van der Waals surface area contributed by atoms with Crippen molar-refractivity contribution >= 4 is 21.1 Å². The highest BCUT2D eigenvalue weighted by atomic mass is 32.2. The lowest BCUT2D eigenvalue weighted by molar-refractivity contribution is 0.312. The van der Waals surface area contributed by atoms with Gasteiger partial charge in [0, 0.05) is 11.8 Å². The zero-order valence-corrected chi connectivity index (χ0v) is 13.9. The number of benzene rings is 2. The molecule has 3 aromatic rings. The second kappa shape index (κ2) is 6.18. The molecule has 0 aliphatic rings. The lowest BCUT2D eigenvalue weighted by Crippen LogP contribution is -2.09. The fraction of sp³-hybridized carbons (Fsp3) is 0.222. The highest BCUT2D eigenvalue weighted by Crippen LogP contribution is 2.21. The maximum absolute atomic E-state index is 12.1. The molecule has 23 heavy (non-hydrogen) atoms. The van der Waals surface area contributed by atoms with E-state index < -0.39 is 10.1 Å². The monoisotopic (exact) mass is 330 g/mol. The van der Waals surface area contributed by atoms with Gasteiger partial charge in [-0.2, -0.15) is 8.42 Å². The molecular formula is C18H18O4S. The maximum Gasteiger partial charge on any atom is 0.296 e. The molecule has 5 heteroatoms. The molecule has 0 spiro atoms. The lowest BCUT2D eigenvalue weighted by Gasteiger charge is -2.05. The van der Waals surface area contributed by atoms with Crippen molar-refractivity contribution < 1.29 is 17.0 Å². The summed E-state index contributed by atoms with van der Waals surface area (Å²) in [4.78, 5) is 0.170. The van der Waals surface area contributed by atoms with Crippen molar-refractivity contribution in [2.45, 2.75) is 25.2 Å². The largest absolute Gasteiger partial charge is 0.461 e. The summed E-state index contributed by atoms with van der Waals surface area (Å²) < 4.78 is 35.0. The number of hydrogen-bond donors (Lipinski definition) is 0. The molecule has 0 N–H and O–H groups in total. The molecule has 4 nitrogen and oxygen atoms in total. The Morgan fingerprint density at radius 1 is 0.957 bits per heavy atom. The number of rotatable bonds is 5. The number of fused-ring (bicyclic) bond motifs is 1. The van der Waals surface area contributed by atoms with Crippen LogP contribution in [0.5, 0.6) is 0 Å². The minimum absolute atomic E-state index is 0.0506. The van der Waals surface area contributed by atoms with Crippen LogP contribution in [0.4, 0.5) is 0 Å². The van der Waals surface area contributed by atoms with E-state index in [-0.39, 0.29) is 11.5 Å². The molecule has 0 bridgehead atoms. The van der Waals surface area contributed by atoms with Gasteiger partial charge in [0.1, 0.15) is 11.3 Å². The Balaban J connectivity index is 1.66. The summed E-state index contributed by atoms with van der Waals surface area (Å²) in [7, 11) is -3.73. The minimum atomic E-state index is -3.73. The van der Waals surface area contributed by atoms with Crippen LogP contribution in [0.15, 0.2) is 57.8 Å². The number of aryl methyl sites for hydroxylation is 2. The Morgan fingerprint density at radius 2 is 1.65 bits per heavy atom. The van der Waals surface area contributed by atoms with Gasteiger partial charge in [-0.15, -0.1) is 0 Å². The van der Waals surface area contributed by atoms with E-state index in [1.54, 1.807) is 24.3 Å². The zero-order valence-electron chi connectivity index (χ0n) is 13.1. The van der Waals surface area contributed by atoms with E-state index in [2.05, 4.69) is 0 Å². The molecule has 0 radical (unpaired) electrons. The topological polar surface area (TPSA) is 56.5 Å². The SMILES string of the molecule is Cc1ccc(S(=O)(=O)OCCc2cc3cc(C)ccc3o2)cc1. The van der Waals surface area contributed by atoms with Crippen molar-refractivity contribution in [2.24, 2.45) is 0 Å². The summed E-state index contributed by atoms with van der Waals surface area (Å²) in [6, 6.07) is 14.4. The van der Waals surface area contributed by atoms with Crippen LogP contribution in [0, 0.1) is 13.8 Å². The second-order valence-electron chi connectivity index (χ2n) is 5.59. The number of hydrogen-bond acceptors (Lipinski definition) is 4. The molecule has 0 atom stereocenters. The van der Waals surface area contributed by atoms with Crippen LogP contribution in [0.1, 0.15) is 16.9 Å². The van der Waals surface area contributed by atoms with Gasteiger partial charge in [0.2, 0.25) is 0 Å². The minimum Gasteiger partial charge on any atom is -0.461 e. The third-order valence-electron chi connectivity index (χ3n) is 3.62. The quantitative estimate of drug-likeness (QED) is 0.664. The van der Waals surface area contributed by atoms with E-state index in [4.69, 9.17) is 8.60 Å². The molecule has 3 rings (SSSR count). The Bertz CT molecular complexity index is 921. The van der Waals surface area contributed by atoms with Gasteiger partial charge in [0.15, 0.2) is 0 Å². The molecule has 0 aliphatic carbocycles. The Kier molecular flexibility index (Phi) is 4.24. The Labute approximate surface area is 135 Å². The molecule has 0 saturated carbocycles. The summed E-state index contributed by atoms with van der Waals surface area (Å²) in [6.45, 7) is 3.97. The van der Waals surface area contributed by atoms with E-state index >= 15 is 0 Å². The molecule has 2 aromatic carbocycles. The van der Waals surface area contributed by atoms with Crippen LogP contribution in [0.2, 0.25) is 0 Å². The van der Waals surface area contributed by atoms with E-state index in [9.17, 15) is 8.42 Å². The highest BCUT2D eigenvalue weighted by molar-refractivity contribution is 7.86. The van der Waals surface area contributed by atoms with Gasteiger partial charge >= 0.3 is 0 Å². The van der Waals surface area contributed by atoms with Gasteiger partial charge in [0.05, 0.1) is 11.5 Å². The molecule has 1 aromatic heterocycles. The van der Waals surface area contributed by atoms with Crippen LogP contribution >= 0.6 is 0 Å². The van der Waals surface area contributed by atoms with Crippen molar-refractivity contribution in [2.75, 3.05) is 6.61 Å². The molecule has 1 heterocycles. The first-order chi connectivity index (χ1) is 10.9. The average molecular weight is 330 g/mol. The number of furan rings is 1. The van der Waals surface area contributed by atoms with E-state index in [0.717, 1.165) is 22.1 Å². The van der Waals surface area contributed by atoms with Gasteiger partial charge in [-0.25, -0.2) is 0 Å². The standard InChI is InChI=1S/C18H18O4S/c1-13-3-6-17(7-4-13)23(19,20)21-10-9-16-12-15-11-14(2)5-8-18(15)22-16/h3-8,11-12H,9-10H2,1-2H3. The predicted octanol–water partition coefficient (Wildman–Crippen LogP) is 4.00. The first-order valence-electron chi connectivity index (χ1n) is 7.39. The molecule has 0 fully saturated rings. The van der Waals surface area contributed by atoms with E-state index in [1.807, 2.05) is 38.1 Å². The van der Waals surface area contributed by atoms with Crippen LogP contribution in [-0.2, 0) is 20.7 Å². The summed E-state index contributed by atoms with van der Waals surface area (Å²) in [6.07, 6.45) is 0.402. The normalized spacial score (nSPS) is 11.9. The van der Waals surface area contributed by atoms with Crippen LogP contribution in [0.3, 0.4) is 0 Å².